The predicted molar refractivity (Wildman–Crippen MR) is 116 cm³/mol. The maximum absolute atomic E-state index is 14.5. The summed E-state index contributed by atoms with van der Waals surface area (Å²) in [6.45, 7) is 3.26. The number of alkyl carbamates (subject to hydrolysis) is 1. The number of ether oxygens (including phenoxy) is 1. The fourth-order valence-corrected chi connectivity index (χ4v) is 3.58. The van der Waals surface area contributed by atoms with Gasteiger partial charge in [0.15, 0.2) is 0 Å². The molecule has 174 valence electrons. The largest absolute Gasteiger partial charge is 0.447 e. The van der Waals surface area contributed by atoms with E-state index >= 15 is 0 Å². The minimum absolute atomic E-state index is 0.0313. The van der Waals surface area contributed by atoms with Crippen LogP contribution in [0, 0.1) is 5.82 Å². The third kappa shape index (κ3) is 6.01. The van der Waals surface area contributed by atoms with Crippen molar-refractivity contribution in [3.63, 3.8) is 0 Å². The summed E-state index contributed by atoms with van der Waals surface area (Å²) in [5, 5.41) is 2.95. The molecule has 0 saturated heterocycles. The normalized spacial score (nSPS) is 13.5. The lowest BCUT2D eigenvalue weighted by Gasteiger charge is -2.35. The Hall–Kier alpha value is -3.13. The van der Waals surface area contributed by atoms with Crippen molar-refractivity contribution >= 4 is 17.7 Å². The fourth-order valence-electron chi connectivity index (χ4n) is 3.47. The van der Waals surface area contributed by atoms with E-state index in [-0.39, 0.29) is 22.7 Å². The monoisotopic (exact) mass is 480 g/mol. The van der Waals surface area contributed by atoms with E-state index in [0.29, 0.717) is 11.6 Å². The zero-order chi connectivity index (χ0) is 24.2. The third-order valence-corrected chi connectivity index (χ3v) is 5.08. The number of rotatable bonds is 6. The summed E-state index contributed by atoms with van der Waals surface area (Å²) in [5.41, 5.74) is -2.20. The molecule has 1 heterocycles. The van der Waals surface area contributed by atoms with Crippen LogP contribution in [0.2, 0.25) is 5.02 Å². The van der Waals surface area contributed by atoms with Crippen LogP contribution >= 0.6 is 11.6 Å². The molecule has 1 amide bonds. The van der Waals surface area contributed by atoms with Crippen LogP contribution in [0.5, 0.6) is 0 Å². The smallest absolute Gasteiger partial charge is 0.416 e. The van der Waals surface area contributed by atoms with Crippen LogP contribution in [0.25, 0.3) is 0 Å². The Labute approximate surface area is 193 Å². The van der Waals surface area contributed by atoms with Crippen molar-refractivity contribution in [3.05, 3.63) is 100 Å². The van der Waals surface area contributed by atoms with Gasteiger partial charge >= 0.3 is 12.3 Å². The Kier molecular flexibility index (Phi) is 7.27. The summed E-state index contributed by atoms with van der Waals surface area (Å²) in [7, 11) is 0. The number of halogens is 5. The summed E-state index contributed by atoms with van der Waals surface area (Å²) in [6.07, 6.45) is -4.93. The minimum atomic E-state index is -4.80. The highest BCUT2D eigenvalue weighted by Gasteiger charge is 2.41. The molecule has 1 aromatic heterocycles. The molecule has 4 nitrogen and oxygen atoms in total. The van der Waals surface area contributed by atoms with Crippen molar-refractivity contribution < 1.29 is 27.1 Å². The van der Waals surface area contributed by atoms with Crippen molar-refractivity contribution in [2.45, 2.75) is 38.1 Å². The molecule has 0 spiro atoms. The highest BCUT2D eigenvalue weighted by molar-refractivity contribution is 6.30. The summed E-state index contributed by atoms with van der Waals surface area (Å²) < 4.78 is 60.3. The zero-order valence-electron chi connectivity index (χ0n) is 17.8. The fraction of sp³-hybridized carbons (Fsp3) is 0.250. The number of benzene rings is 2. The van der Waals surface area contributed by atoms with Gasteiger partial charge in [0.25, 0.3) is 0 Å². The van der Waals surface area contributed by atoms with Crippen LogP contribution < -0.4 is 5.32 Å². The minimum Gasteiger partial charge on any atom is -0.447 e. The number of carbonyl (C=O) groups excluding carboxylic acids is 1. The van der Waals surface area contributed by atoms with Gasteiger partial charge in [0, 0.05) is 12.6 Å². The first kappa shape index (κ1) is 24.5. The summed E-state index contributed by atoms with van der Waals surface area (Å²) in [4.78, 5) is 17.0. The molecule has 1 N–H and O–H groups in total. The van der Waals surface area contributed by atoms with Crippen LogP contribution in [0.3, 0.4) is 0 Å². The van der Waals surface area contributed by atoms with Crippen LogP contribution in [0.15, 0.2) is 66.9 Å². The van der Waals surface area contributed by atoms with E-state index in [4.69, 9.17) is 16.3 Å². The molecule has 3 aromatic rings. The molecular formula is C24H21ClF4N2O2. The lowest BCUT2D eigenvalue weighted by atomic mass is 9.80. The molecule has 0 aliphatic heterocycles. The molecule has 0 radical (unpaired) electrons. The number of hydrogen-bond acceptors (Lipinski definition) is 3. The molecule has 33 heavy (non-hydrogen) atoms. The van der Waals surface area contributed by atoms with Gasteiger partial charge in [0.2, 0.25) is 0 Å². The molecular weight excluding hydrogens is 460 g/mol. The second-order valence-electron chi connectivity index (χ2n) is 7.73. The number of pyridine rings is 1. The first-order chi connectivity index (χ1) is 15.5. The Bertz CT molecular complexity index is 1110. The number of amides is 1. The number of hydrogen-bond donors (Lipinski definition) is 1. The van der Waals surface area contributed by atoms with Gasteiger partial charge in [-0.05, 0) is 55.3 Å². The van der Waals surface area contributed by atoms with Crippen LogP contribution in [-0.2, 0) is 22.9 Å². The van der Waals surface area contributed by atoms with E-state index in [2.05, 4.69) is 10.3 Å². The number of nitrogens with one attached hydrogen (secondary N) is 1. The quantitative estimate of drug-likeness (QED) is 0.409. The Balaban J connectivity index is 2.29. The standard InChI is InChI=1S/C24H21ClF4N2O2/c1-15(2)33-22(32)31-23(13-16-6-4-3-5-7-16,21-9-8-19(25)14-30-21)17-10-18(24(27,28)29)12-20(26)11-17/h3-12,14-15H,13H2,1-2H3,(H,31,32). The molecule has 0 aliphatic rings. The van der Waals surface area contributed by atoms with E-state index in [9.17, 15) is 22.4 Å². The maximum atomic E-state index is 14.5. The summed E-state index contributed by atoms with van der Waals surface area (Å²) in [6, 6.07) is 13.9. The van der Waals surface area contributed by atoms with Gasteiger partial charge < -0.3 is 10.1 Å². The molecule has 0 aliphatic carbocycles. The summed E-state index contributed by atoms with van der Waals surface area (Å²) in [5.74, 6) is -1.11. The lowest BCUT2D eigenvalue weighted by molar-refractivity contribution is -0.137. The van der Waals surface area contributed by atoms with Crippen molar-refractivity contribution in [2.24, 2.45) is 0 Å². The van der Waals surface area contributed by atoms with E-state index in [1.807, 2.05) is 0 Å². The molecule has 1 unspecified atom stereocenters. The zero-order valence-corrected chi connectivity index (χ0v) is 18.5. The van der Waals surface area contributed by atoms with Crippen molar-refractivity contribution in [1.82, 2.24) is 10.3 Å². The molecule has 1 atom stereocenters. The average molecular weight is 481 g/mol. The number of alkyl halides is 3. The highest BCUT2D eigenvalue weighted by atomic mass is 35.5. The van der Waals surface area contributed by atoms with E-state index < -0.39 is 35.3 Å². The second-order valence-corrected chi connectivity index (χ2v) is 8.17. The molecule has 2 aromatic carbocycles. The van der Waals surface area contributed by atoms with Gasteiger partial charge in [-0.3, -0.25) is 4.98 Å². The second kappa shape index (κ2) is 9.79. The van der Waals surface area contributed by atoms with Crippen LogP contribution in [-0.4, -0.2) is 17.2 Å². The molecule has 0 bridgehead atoms. The first-order valence-corrected chi connectivity index (χ1v) is 10.4. The van der Waals surface area contributed by atoms with Crippen molar-refractivity contribution in [1.29, 1.82) is 0 Å². The lowest BCUT2D eigenvalue weighted by Crippen LogP contribution is -2.50. The van der Waals surface area contributed by atoms with Gasteiger partial charge in [-0.2, -0.15) is 13.2 Å². The summed E-state index contributed by atoms with van der Waals surface area (Å²) >= 11 is 5.97. The third-order valence-electron chi connectivity index (χ3n) is 4.85. The maximum Gasteiger partial charge on any atom is 0.416 e. The van der Waals surface area contributed by atoms with E-state index in [1.165, 1.54) is 18.3 Å². The van der Waals surface area contributed by atoms with Gasteiger partial charge in [0.1, 0.15) is 11.4 Å². The van der Waals surface area contributed by atoms with Crippen LogP contribution in [0.1, 0.15) is 36.2 Å². The molecule has 0 saturated carbocycles. The Morgan fingerprint density at radius 2 is 1.73 bits per heavy atom. The average Bonchev–Trinajstić information content (AvgIpc) is 2.73. The number of carbonyl (C=O) groups is 1. The van der Waals surface area contributed by atoms with E-state index in [0.717, 1.165) is 12.1 Å². The Morgan fingerprint density at radius 3 is 2.30 bits per heavy atom. The molecule has 9 heteroatoms. The Morgan fingerprint density at radius 1 is 1.06 bits per heavy atom. The van der Waals surface area contributed by atoms with Gasteiger partial charge in [-0.15, -0.1) is 0 Å². The number of nitrogens with zero attached hydrogens (tertiary/aromatic N) is 1. The van der Waals surface area contributed by atoms with Crippen molar-refractivity contribution in [3.8, 4) is 0 Å². The first-order valence-electron chi connectivity index (χ1n) is 10.0. The molecule has 3 rings (SSSR count). The predicted octanol–water partition coefficient (Wildman–Crippen LogP) is 6.51. The van der Waals surface area contributed by atoms with Crippen LogP contribution in [0.4, 0.5) is 22.4 Å². The van der Waals surface area contributed by atoms with E-state index in [1.54, 1.807) is 44.2 Å². The van der Waals surface area contributed by atoms with Gasteiger partial charge in [0.05, 0.1) is 22.4 Å². The SMILES string of the molecule is CC(C)OC(=O)NC(Cc1ccccc1)(c1cc(F)cc(C(F)(F)F)c1)c1ccc(Cl)cn1. The van der Waals surface area contributed by atoms with Crippen molar-refractivity contribution in [2.75, 3.05) is 0 Å². The molecule has 0 fully saturated rings. The van der Waals surface area contributed by atoms with Gasteiger partial charge in [-0.1, -0.05) is 41.9 Å². The topological polar surface area (TPSA) is 51.2 Å². The number of aromatic nitrogens is 1. The highest BCUT2D eigenvalue weighted by Crippen LogP contribution is 2.38. The van der Waals surface area contributed by atoms with Gasteiger partial charge in [-0.25, -0.2) is 9.18 Å².